The van der Waals surface area contributed by atoms with E-state index in [0.29, 0.717) is 6.42 Å². The molecule has 3 rings (SSSR count). The molecule has 112 valence electrons. The van der Waals surface area contributed by atoms with E-state index in [-0.39, 0.29) is 22.3 Å². The average molecular weight is 318 g/mol. The van der Waals surface area contributed by atoms with E-state index in [2.05, 4.69) is 4.99 Å². The number of nitro groups is 1. The maximum absolute atomic E-state index is 13.8. The van der Waals surface area contributed by atoms with Crippen LogP contribution in [0.1, 0.15) is 12.0 Å². The number of alkyl halides is 2. The summed E-state index contributed by atoms with van der Waals surface area (Å²) in [5.74, 6) is -0.593. The third kappa shape index (κ3) is 2.01. The van der Waals surface area contributed by atoms with Gasteiger partial charge in [-0.2, -0.15) is 0 Å². The van der Waals surface area contributed by atoms with E-state index >= 15 is 0 Å². The highest BCUT2D eigenvalue weighted by molar-refractivity contribution is 6.31. The lowest BCUT2D eigenvalue weighted by molar-refractivity contribution is -0.385. The van der Waals surface area contributed by atoms with Crippen molar-refractivity contribution < 1.29 is 18.4 Å². The van der Waals surface area contributed by atoms with Gasteiger partial charge in [0.15, 0.2) is 5.54 Å². The van der Waals surface area contributed by atoms with Crippen molar-refractivity contribution in [1.82, 2.24) is 0 Å². The molecule has 6 nitrogen and oxygen atoms in total. The second-order valence-corrected chi connectivity index (χ2v) is 5.40. The van der Waals surface area contributed by atoms with Crippen molar-refractivity contribution in [3.05, 3.63) is 38.9 Å². The highest BCUT2D eigenvalue weighted by Crippen LogP contribution is 2.57. The fourth-order valence-corrected chi connectivity index (χ4v) is 3.00. The summed E-state index contributed by atoms with van der Waals surface area (Å²) < 4.78 is 32.7. The minimum atomic E-state index is -2.91. The highest BCUT2D eigenvalue weighted by Gasteiger charge is 2.64. The molecule has 1 unspecified atom stereocenters. The first-order valence-electron chi connectivity index (χ1n) is 6.11. The molecule has 1 aromatic rings. The molecule has 0 bridgehead atoms. The summed E-state index contributed by atoms with van der Waals surface area (Å²) in [4.78, 5) is 14.0. The highest BCUT2D eigenvalue weighted by atomic mass is 35.5. The van der Waals surface area contributed by atoms with Gasteiger partial charge >= 0.3 is 0 Å². The zero-order valence-corrected chi connectivity index (χ0v) is 11.3. The molecule has 0 radical (unpaired) electrons. The van der Waals surface area contributed by atoms with E-state index in [0.717, 1.165) is 12.1 Å². The van der Waals surface area contributed by atoms with E-state index in [1.807, 2.05) is 0 Å². The van der Waals surface area contributed by atoms with E-state index < -0.39 is 28.9 Å². The molecule has 1 saturated carbocycles. The second kappa shape index (κ2) is 4.52. The summed E-state index contributed by atoms with van der Waals surface area (Å²) in [5, 5.41) is 10.9. The van der Waals surface area contributed by atoms with Crippen molar-refractivity contribution in [2.45, 2.75) is 24.5 Å². The van der Waals surface area contributed by atoms with Gasteiger partial charge in [-0.05, 0) is 12.5 Å². The minimum absolute atomic E-state index is 0.00926. The van der Waals surface area contributed by atoms with Crippen LogP contribution in [0.2, 0.25) is 5.02 Å². The summed E-state index contributed by atoms with van der Waals surface area (Å²) >= 11 is 5.99. The number of nitrogens with two attached hydrogens (primary N) is 1. The van der Waals surface area contributed by atoms with Gasteiger partial charge in [0.1, 0.15) is 6.10 Å². The van der Waals surface area contributed by atoms with Gasteiger partial charge in [0.25, 0.3) is 18.1 Å². The Morgan fingerprint density at radius 1 is 1.57 bits per heavy atom. The first kappa shape index (κ1) is 14.0. The first-order valence-corrected chi connectivity index (χ1v) is 6.48. The standard InChI is InChI=1S/C12H10ClF2N3O3/c13-8-2-1-5(18(19)20)3-6(8)12(10(14)15)7-4-9(7)21-11(16)17-12/h1-3,7,9-10H,4H2,(H2,16,17)/t7?,9-,12-/m1/s1. The number of ether oxygens (including phenoxy) is 1. The lowest BCUT2D eigenvalue weighted by Gasteiger charge is -2.33. The number of amidine groups is 1. The van der Waals surface area contributed by atoms with Crippen LogP contribution in [0.15, 0.2) is 23.2 Å². The molecule has 0 saturated heterocycles. The fraction of sp³-hybridized carbons (Fsp3) is 0.417. The van der Waals surface area contributed by atoms with Crippen molar-refractivity contribution >= 4 is 23.3 Å². The largest absolute Gasteiger partial charge is 0.462 e. The SMILES string of the molecule is NC1=N[C@@](c2cc([N+](=O)[O-])ccc2Cl)(C(F)F)C2C[C@H]2O1. The van der Waals surface area contributed by atoms with E-state index in [1.54, 1.807) is 0 Å². The number of fused-ring (bicyclic) bond motifs is 1. The van der Waals surface area contributed by atoms with Crippen LogP contribution < -0.4 is 5.73 Å². The van der Waals surface area contributed by atoms with E-state index in [1.165, 1.54) is 6.07 Å². The van der Waals surface area contributed by atoms with Crippen LogP contribution in [-0.4, -0.2) is 23.5 Å². The van der Waals surface area contributed by atoms with E-state index in [9.17, 15) is 18.9 Å². The Kier molecular flexibility index (Phi) is 3.01. The number of nitro benzene ring substituents is 1. The lowest BCUT2D eigenvalue weighted by atomic mass is 9.85. The Bertz CT molecular complexity index is 655. The summed E-state index contributed by atoms with van der Waals surface area (Å²) in [5.41, 5.74) is 3.06. The Morgan fingerprint density at radius 3 is 2.90 bits per heavy atom. The smallest absolute Gasteiger partial charge is 0.283 e. The Labute approximate surface area is 122 Å². The minimum Gasteiger partial charge on any atom is -0.462 e. The topological polar surface area (TPSA) is 90.8 Å². The Balaban J connectivity index is 2.21. The second-order valence-electron chi connectivity index (χ2n) is 5.00. The molecule has 3 atom stereocenters. The Morgan fingerprint density at radius 2 is 2.29 bits per heavy atom. The van der Waals surface area contributed by atoms with Gasteiger partial charge in [0.2, 0.25) is 0 Å². The van der Waals surface area contributed by atoms with Crippen LogP contribution in [0, 0.1) is 16.0 Å². The zero-order chi connectivity index (χ0) is 15.4. The first-order chi connectivity index (χ1) is 9.86. The van der Waals surface area contributed by atoms with Crippen LogP contribution in [0.4, 0.5) is 14.5 Å². The molecule has 0 aromatic heterocycles. The molecule has 1 heterocycles. The van der Waals surface area contributed by atoms with Crippen LogP contribution in [-0.2, 0) is 10.3 Å². The number of hydrogen-bond acceptors (Lipinski definition) is 5. The number of hydrogen-bond donors (Lipinski definition) is 1. The Hall–Kier alpha value is -1.96. The zero-order valence-electron chi connectivity index (χ0n) is 10.5. The fourth-order valence-electron chi connectivity index (χ4n) is 2.73. The van der Waals surface area contributed by atoms with Crippen LogP contribution in [0.5, 0.6) is 0 Å². The van der Waals surface area contributed by atoms with Crippen LogP contribution in [0.25, 0.3) is 0 Å². The monoisotopic (exact) mass is 317 g/mol. The summed E-state index contributed by atoms with van der Waals surface area (Å²) in [6.07, 6.45) is -3.01. The molecular formula is C12H10ClF2N3O3. The normalized spacial score (nSPS) is 30.4. The lowest BCUT2D eigenvalue weighted by Crippen LogP contribution is -2.43. The number of aliphatic imine (C=N–C) groups is 1. The molecular weight excluding hydrogens is 308 g/mol. The molecule has 0 spiro atoms. The van der Waals surface area contributed by atoms with Crippen molar-refractivity contribution in [1.29, 1.82) is 0 Å². The molecule has 2 N–H and O–H groups in total. The van der Waals surface area contributed by atoms with Gasteiger partial charge in [-0.3, -0.25) is 10.1 Å². The van der Waals surface area contributed by atoms with Gasteiger partial charge in [-0.15, -0.1) is 0 Å². The summed E-state index contributed by atoms with van der Waals surface area (Å²) in [6, 6.07) is 3.06. The number of halogens is 3. The average Bonchev–Trinajstić information content (AvgIpc) is 3.16. The maximum Gasteiger partial charge on any atom is 0.283 e. The van der Waals surface area contributed by atoms with Gasteiger partial charge < -0.3 is 10.5 Å². The molecule has 9 heteroatoms. The van der Waals surface area contributed by atoms with Crippen molar-refractivity contribution in [3.63, 3.8) is 0 Å². The molecule has 2 aliphatic rings. The van der Waals surface area contributed by atoms with Crippen LogP contribution in [0.3, 0.4) is 0 Å². The molecule has 1 aromatic carbocycles. The number of nitrogens with zero attached hydrogens (tertiary/aromatic N) is 2. The maximum atomic E-state index is 13.8. The third-order valence-corrected chi connectivity index (χ3v) is 4.12. The van der Waals surface area contributed by atoms with Gasteiger partial charge in [-0.25, -0.2) is 13.8 Å². The van der Waals surface area contributed by atoms with Crippen molar-refractivity contribution in [2.75, 3.05) is 0 Å². The van der Waals surface area contributed by atoms with Gasteiger partial charge in [0.05, 0.1) is 4.92 Å². The number of benzene rings is 1. The molecule has 21 heavy (non-hydrogen) atoms. The molecule has 1 fully saturated rings. The number of non-ortho nitro benzene ring substituents is 1. The molecule has 1 aliphatic heterocycles. The van der Waals surface area contributed by atoms with Gasteiger partial charge in [0, 0.05) is 28.6 Å². The van der Waals surface area contributed by atoms with Crippen molar-refractivity contribution in [2.24, 2.45) is 16.6 Å². The molecule has 1 aliphatic carbocycles. The van der Waals surface area contributed by atoms with E-state index in [4.69, 9.17) is 22.1 Å². The van der Waals surface area contributed by atoms with Crippen molar-refractivity contribution in [3.8, 4) is 0 Å². The summed E-state index contributed by atoms with van der Waals surface area (Å²) in [6.45, 7) is 0. The summed E-state index contributed by atoms with van der Waals surface area (Å²) in [7, 11) is 0. The van der Waals surface area contributed by atoms with Gasteiger partial charge in [-0.1, -0.05) is 11.6 Å². The third-order valence-electron chi connectivity index (χ3n) is 3.79. The predicted molar refractivity (Wildman–Crippen MR) is 70.4 cm³/mol. The quantitative estimate of drug-likeness (QED) is 0.684. The number of rotatable bonds is 3. The predicted octanol–water partition coefficient (Wildman–Crippen LogP) is 2.44. The van der Waals surface area contributed by atoms with Crippen LogP contribution >= 0.6 is 11.6 Å². The molecule has 0 amide bonds.